The second-order valence-electron chi connectivity index (χ2n) is 6.11. The number of anilines is 2. The number of hydrogen-bond donors (Lipinski definition) is 2. The van der Waals surface area contributed by atoms with E-state index in [2.05, 4.69) is 25.4 Å². The topological polar surface area (TPSA) is 87.6 Å². The van der Waals surface area contributed by atoms with Gasteiger partial charge in [0.15, 0.2) is 5.82 Å². The number of amides is 1. The lowest BCUT2D eigenvalue weighted by Crippen LogP contribution is -2.11. The highest BCUT2D eigenvalue weighted by molar-refractivity contribution is 6.01. The molecule has 27 heavy (non-hydrogen) atoms. The molecule has 1 aromatic carbocycles. The quantitative estimate of drug-likeness (QED) is 0.575. The Morgan fingerprint density at radius 3 is 2.89 bits per heavy atom. The summed E-state index contributed by atoms with van der Waals surface area (Å²) < 4.78 is 28.2. The first-order valence-corrected chi connectivity index (χ1v) is 7.89. The van der Waals surface area contributed by atoms with Gasteiger partial charge >= 0.3 is 6.09 Å². The fourth-order valence-corrected chi connectivity index (χ4v) is 3.07. The molecule has 0 bridgehead atoms. The van der Waals surface area contributed by atoms with Crippen LogP contribution in [0, 0.1) is 5.82 Å². The Morgan fingerprint density at radius 1 is 1.33 bits per heavy atom. The summed E-state index contributed by atoms with van der Waals surface area (Å²) in [7, 11) is 3.51. The van der Waals surface area contributed by atoms with Crippen molar-refractivity contribution in [3.8, 4) is 11.1 Å². The molecule has 0 saturated heterocycles. The summed E-state index contributed by atoms with van der Waals surface area (Å²) in [4.78, 5) is 19.9. The number of hydrogen-bond acceptors (Lipinski definition) is 5. The number of halogens is 2. The predicted octanol–water partition coefficient (Wildman–Crippen LogP) is 3.52. The Labute approximate surface area is 151 Å². The van der Waals surface area contributed by atoms with Crippen molar-refractivity contribution in [1.29, 1.82) is 0 Å². The highest BCUT2D eigenvalue weighted by Crippen LogP contribution is 2.35. The monoisotopic (exact) mass is 372 g/mol. The fourth-order valence-electron chi connectivity index (χ4n) is 3.07. The van der Waals surface area contributed by atoms with Gasteiger partial charge in [0.2, 0.25) is 0 Å². The lowest BCUT2D eigenvalue weighted by atomic mass is 10.0. The minimum atomic E-state index is -1.26. The smallest absolute Gasteiger partial charge is 0.374 e. The first kappa shape index (κ1) is 16.8. The Balaban J connectivity index is 1.84. The second-order valence-corrected chi connectivity index (χ2v) is 6.11. The average molecular weight is 372 g/mol. The normalized spacial score (nSPS) is 11.1. The van der Waals surface area contributed by atoms with Crippen molar-refractivity contribution >= 4 is 34.1 Å². The van der Waals surface area contributed by atoms with Crippen LogP contribution >= 0.6 is 0 Å². The van der Waals surface area contributed by atoms with Gasteiger partial charge in [0.1, 0.15) is 11.5 Å². The number of imidazole rings is 1. The molecular weight excluding hydrogens is 358 g/mol. The summed E-state index contributed by atoms with van der Waals surface area (Å²) in [5.41, 5.74) is 2.90. The van der Waals surface area contributed by atoms with Crippen LogP contribution in [0.5, 0.6) is 0 Å². The van der Waals surface area contributed by atoms with Crippen LogP contribution in [0.15, 0.2) is 36.8 Å². The van der Waals surface area contributed by atoms with Crippen LogP contribution in [-0.4, -0.2) is 39.8 Å². The van der Waals surface area contributed by atoms with Crippen molar-refractivity contribution in [2.45, 2.75) is 0 Å². The number of H-pyrrole nitrogens is 1. The molecule has 10 heteroatoms. The van der Waals surface area contributed by atoms with Gasteiger partial charge in [-0.05, 0) is 29.3 Å². The minimum absolute atomic E-state index is 0.123. The van der Waals surface area contributed by atoms with E-state index in [1.54, 1.807) is 47.9 Å². The highest BCUT2D eigenvalue weighted by atomic mass is 19.3. The number of carbonyl (C=O) groups excluding carboxylic acids is 1. The Bertz CT molecular complexity index is 1170. The van der Waals surface area contributed by atoms with Gasteiger partial charge in [0.25, 0.3) is 0 Å². The summed E-state index contributed by atoms with van der Waals surface area (Å²) in [6.07, 6.45) is 3.59. The molecule has 3 heterocycles. The van der Waals surface area contributed by atoms with Crippen molar-refractivity contribution in [3.05, 3.63) is 42.6 Å². The number of nitrogens with one attached hydrogen (secondary N) is 2. The molecule has 4 aromatic rings. The third kappa shape index (κ3) is 2.80. The lowest BCUT2D eigenvalue weighted by Gasteiger charge is -2.16. The Kier molecular flexibility index (Phi) is 3.87. The molecule has 0 spiro atoms. The molecule has 0 aliphatic rings. The van der Waals surface area contributed by atoms with Gasteiger partial charge in [-0.3, -0.25) is 10.4 Å². The third-order valence-corrected chi connectivity index (χ3v) is 4.17. The molecule has 3 aromatic heterocycles. The van der Waals surface area contributed by atoms with E-state index in [0.29, 0.717) is 22.4 Å². The number of fused-ring (bicyclic) bond motifs is 2. The molecule has 4 rings (SSSR count). The number of nitrogens with zero attached hydrogens (tertiary/aromatic N) is 4. The Hall–Kier alpha value is -3.69. The molecule has 0 unspecified atom stereocenters. The van der Waals surface area contributed by atoms with Crippen LogP contribution in [0.3, 0.4) is 0 Å². The number of aromatic nitrogens is 4. The van der Waals surface area contributed by atoms with E-state index < -0.39 is 6.09 Å². The zero-order chi connectivity index (χ0) is 19.1. The van der Waals surface area contributed by atoms with Crippen molar-refractivity contribution < 1.29 is 18.7 Å². The van der Waals surface area contributed by atoms with E-state index in [4.69, 9.17) is 0 Å². The summed E-state index contributed by atoms with van der Waals surface area (Å²) in [5, 5.41) is 9.80. The molecule has 0 fully saturated rings. The number of benzene rings is 1. The number of pyridine rings is 1. The summed E-state index contributed by atoms with van der Waals surface area (Å²) in [6.45, 7) is 0. The summed E-state index contributed by atoms with van der Waals surface area (Å²) >= 11 is 0. The van der Waals surface area contributed by atoms with Gasteiger partial charge in [0, 0.05) is 30.2 Å². The molecule has 0 radical (unpaired) electrons. The van der Waals surface area contributed by atoms with E-state index in [0.717, 1.165) is 10.9 Å². The van der Waals surface area contributed by atoms with Crippen LogP contribution in [0.25, 0.3) is 27.7 Å². The summed E-state index contributed by atoms with van der Waals surface area (Å²) in [5.74, 6) is -0.261. The standard InChI is InChI=1S/C17H14F2N6O2/c1-24(2)16-12(18)5-10(11-6-20-23-15(11)16)9-3-4-14-21-13(8-25(14)7-9)22-17(26)27-19/h3-8H,1-2H3,(H,20,23)(H,22,26). The average Bonchev–Trinajstić information content (AvgIpc) is 3.25. The zero-order valence-corrected chi connectivity index (χ0v) is 14.3. The van der Waals surface area contributed by atoms with Crippen LogP contribution < -0.4 is 10.2 Å². The second kappa shape index (κ2) is 6.24. The fraction of sp³-hybridized carbons (Fsp3) is 0.118. The largest absolute Gasteiger partial charge is 0.450 e. The van der Waals surface area contributed by atoms with Crippen LogP contribution in [0.4, 0.5) is 25.2 Å². The van der Waals surface area contributed by atoms with E-state index in [1.165, 1.54) is 12.3 Å². The highest BCUT2D eigenvalue weighted by Gasteiger charge is 2.17. The number of carbonyl (C=O) groups is 1. The summed E-state index contributed by atoms with van der Waals surface area (Å²) in [6, 6.07) is 4.92. The van der Waals surface area contributed by atoms with Crippen LogP contribution in [-0.2, 0) is 4.94 Å². The first-order chi connectivity index (χ1) is 13.0. The maximum Gasteiger partial charge on any atom is 0.450 e. The van der Waals surface area contributed by atoms with E-state index >= 15 is 0 Å². The SMILES string of the molecule is CN(C)c1c(F)cc(-c2ccc3nc(NC(=O)OF)cn3c2)c2cn[nH]c12. The molecule has 0 aliphatic carbocycles. The van der Waals surface area contributed by atoms with Gasteiger partial charge in [-0.25, -0.2) is 19.1 Å². The van der Waals surface area contributed by atoms with Gasteiger partial charge in [-0.2, -0.15) is 5.10 Å². The van der Waals surface area contributed by atoms with Gasteiger partial charge in [0.05, 0.1) is 23.6 Å². The first-order valence-electron chi connectivity index (χ1n) is 7.89. The number of rotatable bonds is 3. The molecule has 2 N–H and O–H groups in total. The maximum atomic E-state index is 14.7. The predicted molar refractivity (Wildman–Crippen MR) is 95.8 cm³/mol. The van der Waals surface area contributed by atoms with Crippen molar-refractivity contribution in [2.24, 2.45) is 0 Å². The van der Waals surface area contributed by atoms with Gasteiger partial charge in [-0.15, -0.1) is 0 Å². The van der Waals surface area contributed by atoms with E-state index in [9.17, 15) is 13.7 Å². The van der Waals surface area contributed by atoms with Crippen molar-refractivity contribution in [1.82, 2.24) is 19.6 Å². The molecule has 0 saturated carbocycles. The van der Waals surface area contributed by atoms with E-state index in [1.807, 2.05) is 0 Å². The molecule has 0 atom stereocenters. The van der Waals surface area contributed by atoms with Gasteiger partial charge in [-0.1, -0.05) is 0 Å². The lowest BCUT2D eigenvalue weighted by molar-refractivity contribution is -0.0544. The Morgan fingerprint density at radius 2 is 2.15 bits per heavy atom. The van der Waals surface area contributed by atoms with Crippen LogP contribution in [0.2, 0.25) is 0 Å². The maximum absolute atomic E-state index is 14.7. The zero-order valence-electron chi connectivity index (χ0n) is 14.3. The van der Waals surface area contributed by atoms with E-state index in [-0.39, 0.29) is 11.6 Å². The third-order valence-electron chi connectivity index (χ3n) is 4.17. The van der Waals surface area contributed by atoms with Gasteiger partial charge < -0.3 is 9.30 Å². The molecule has 0 aliphatic heterocycles. The molecule has 138 valence electrons. The molecular formula is C17H14F2N6O2. The van der Waals surface area contributed by atoms with Crippen LogP contribution in [0.1, 0.15) is 0 Å². The van der Waals surface area contributed by atoms with Crippen molar-refractivity contribution in [2.75, 3.05) is 24.3 Å². The molecule has 1 amide bonds. The minimum Gasteiger partial charge on any atom is -0.374 e. The van der Waals surface area contributed by atoms with Crippen molar-refractivity contribution in [3.63, 3.8) is 0 Å². The number of aromatic amines is 1. The molecule has 8 nitrogen and oxygen atoms in total.